The van der Waals surface area contributed by atoms with E-state index in [1.807, 2.05) is 53.9 Å². The first-order chi connectivity index (χ1) is 14.2. The standard InChI is InChI=1S/C21H19N3O4S/c1-14-22-20(28-24-14)12-27-18-8-6-17(7-9-18)26-11-16-13-29-21(23-16)15-4-3-5-19(10-15)25-2/h3-10,13H,11-12H2,1-2H3. The normalized spacial score (nSPS) is 10.7. The number of ether oxygens (including phenoxy) is 3. The second kappa shape index (κ2) is 8.74. The van der Waals surface area contributed by atoms with Crippen LogP contribution in [0.3, 0.4) is 0 Å². The first-order valence-corrected chi connectivity index (χ1v) is 9.81. The van der Waals surface area contributed by atoms with Crippen molar-refractivity contribution in [2.24, 2.45) is 0 Å². The van der Waals surface area contributed by atoms with Crippen LogP contribution in [-0.2, 0) is 13.2 Å². The van der Waals surface area contributed by atoms with Gasteiger partial charge in [-0.05, 0) is 43.3 Å². The van der Waals surface area contributed by atoms with Crippen molar-refractivity contribution in [3.05, 3.63) is 71.3 Å². The van der Waals surface area contributed by atoms with Crippen LogP contribution in [0.2, 0.25) is 0 Å². The molecule has 8 heteroatoms. The fraction of sp³-hybridized carbons (Fsp3) is 0.190. The summed E-state index contributed by atoms with van der Waals surface area (Å²) < 4.78 is 21.7. The number of aromatic nitrogens is 3. The average molecular weight is 409 g/mol. The number of thiazole rings is 1. The van der Waals surface area contributed by atoms with Gasteiger partial charge < -0.3 is 18.7 Å². The van der Waals surface area contributed by atoms with Gasteiger partial charge in [-0.25, -0.2) is 4.98 Å². The van der Waals surface area contributed by atoms with Gasteiger partial charge in [0.15, 0.2) is 12.4 Å². The smallest absolute Gasteiger partial charge is 0.264 e. The molecular formula is C21H19N3O4S. The molecule has 0 aliphatic heterocycles. The number of nitrogens with zero attached hydrogens (tertiary/aromatic N) is 3. The molecule has 0 radical (unpaired) electrons. The van der Waals surface area contributed by atoms with Crippen molar-refractivity contribution in [1.29, 1.82) is 0 Å². The molecule has 0 fully saturated rings. The minimum atomic E-state index is 0.229. The van der Waals surface area contributed by atoms with E-state index >= 15 is 0 Å². The van der Waals surface area contributed by atoms with Crippen LogP contribution in [0.5, 0.6) is 17.2 Å². The Morgan fingerprint density at radius 1 is 0.931 bits per heavy atom. The maximum Gasteiger partial charge on any atom is 0.264 e. The molecule has 2 aromatic carbocycles. The Kier molecular flexibility index (Phi) is 5.71. The minimum Gasteiger partial charge on any atom is -0.497 e. The minimum absolute atomic E-state index is 0.229. The van der Waals surface area contributed by atoms with E-state index in [-0.39, 0.29) is 6.61 Å². The van der Waals surface area contributed by atoms with Gasteiger partial charge in [-0.1, -0.05) is 17.3 Å². The molecule has 0 unspecified atom stereocenters. The average Bonchev–Trinajstić information content (AvgIpc) is 3.40. The van der Waals surface area contributed by atoms with Gasteiger partial charge in [0.25, 0.3) is 5.89 Å². The summed E-state index contributed by atoms with van der Waals surface area (Å²) in [5.74, 6) is 3.28. The summed E-state index contributed by atoms with van der Waals surface area (Å²) in [6.07, 6.45) is 0. The molecule has 0 aliphatic carbocycles. The van der Waals surface area contributed by atoms with Gasteiger partial charge in [0.2, 0.25) is 0 Å². The van der Waals surface area contributed by atoms with Crippen molar-refractivity contribution in [3.63, 3.8) is 0 Å². The summed E-state index contributed by atoms with van der Waals surface area (Å²) in [6.45, 7) is 2.38. The second-order valence-electron chi connectivity index (χ2n) is 6.16. The van der Waals surface area contributed by atoms with E-state index in [4.69, 9.17) is 18.7 Å². The van der Waals surface area contributed by atoms with Crippen molar-refractivity contribution >= 4 is 11.3 Å². The summed E-state index contributed by atoms with van der Waals surface area (Å²) in [4.78, 5) is 8.74. The van der Waals surface area contributed by atoms with Gasteiger partial charge >= 0.3 is 0 Å². The summed E-state index contributed by atoms with van der Waals surface area (Å²) >= 11 is 1.58. The third kappa shape index (κ3) is 4.91. The predicted molar refractivity (Wildman–Crippen MR) is 108 cm³/mol. The molecule has 4 aromatic rings. The SMILES string of the molecule is COc1cccc(-c2nc(COc3ccc(OCc4nc(C)no4)cc3)cs2)c1. The lowest BCUT2D eigenvalue weighted by atomic mass is 10.2. The van der Waals surface area contributed by atoms with Crippen molar-refractivity contribution < 1.29 is 18.7 Å². The first-order valence-electron chi connectivity index (χ1n) is 8.93. The highest BCUT2D eigenvalue weighted by Crippen LogP contribution is 2.27. The Balaban J connectivity index is 1.31. The molecule has 0 amide bonds. The summed E-state index contributed by atoms with van der Waals surface area (Å²) in [5.41, 5.74) is 1.90. The highest BCUT2D eigenvalue weighted by molar-refractivity contribution is 7.13. The summed E-state index contributed by atoms with van der Waals surface area (Å²) in [6, 6.07) is 15.2. The Bertz CT molecular complexity index is 1080. The van der Waals surface area contributed by atoms with Gasteiger partial charge in [0.1, 0.15) is 28.9 Å². The molecule has 7 nitrogen and oxygen atoms in total. The molecule has 2 heterocycles. The molecule has 0 aliphatic rings. The van der Waals surface area contributed by atoms with Crippen LogP contribution in [0, 0.1) is 6.92 Å². The van der Waals surface area contributed by atoms with Gasteiger partial charge in [-0.2, -0.15) is 4.98 Å². The van der Waals surface area contributed by atoms with E-state index in [1.165, 1.54) is 0 Å². The number of methoxy groups -OCH3 is 1. The fourth-order valence-corrected chi connectivity index (χ4v) is 3.40. The Morgan fingerprint density at radius 3 is 2.38 bits per heavy atom. The lowest BCUT2D eigenvalue weighted by Gasteiger charge is -2.06. The third-order valence-electron chi connectivity index (χ3n) is 4.01. The van der Waals surface area contributed by atoms with Crippen molar-refractivity contribution in [3.8, 4) is 27.8 Å². The largest absolute Gasteiger partial charge is 0.497 e. The van der Waals surface area contributed by atoms with Crippen LogP contribution < -0.4 is 14.2 Å². The van der Waals surface area contributed by atoms with Crippen LogP contribution in [0.1, 0.15) is 17.4 Å². The Morgan fingerprint density at radius 2 is 1.69 bits per heavy atom. The Hall–Kier alpha value is -3.39. The monoisotopic (exact) mass is 409 g/mol. The molecule has 0 N–H and O–H groups in total. The zero-order chi connectivity index (χ0) is 20.1. The molecule has 0 spiro atoms. The van der Waals surface area contributed by atoms with Gasteiger partial charge in [-0.15, -0.1) is 11.3 Å². The van der Waals surface area contributed by atoms with Crippen molar-refractivity contribution in [1.82, 2.24) is 15.1 Å². The highest BCUT2D eigenvalue weighted by atomic mass is 32.1. The third-order valence-corrected chi connectivity index (χ3v) is 4.95. The zero-order valence-electron chi connectivity index (χ0n) is 16.0. The van der Waals surface area contributed by atoms with Crippen molar-refractivity contribution in [2.45, 2.75) is 20.1 Å². The molecule has 148 valence electrons. The molecule has 4 rings (SSSR count). The first kappa shape index (κ1) is 18.9. The van der Waals surface area contributed by atoms with Gasteiger partial charge in [0.05, 0.1) is 12.8 Å². The Labute approximate surface area is 171 Å². The predicted octanol–water partition coefficient (Wildman–Crippen LogP) is 4.67. The van der Waals surface area contributed by atoms with Crippen LogP contribution in [0.25, 0.3) is 10.6 Å². The van der Waals surface area contributed by atoms with Gasteiger partial charge in [-0.3, -0.25) is 0 Å². The molecular weight excluding hydrogens is 390 g/mol. The summed E-state index contributed by atoms with van der Waals surface area (Å²) in [7, 11) is 1.66. The van der Waals surface area contributed by atoms with E-state index in [9.17, 15) is 0 Å². The lowest BCUT2D eigenvalue weighted by Crippen LogP contribution is -1.97. The van der Waals surface area contributed by atoms with E-state index < -0.39 is 0 Å². The molecule has 0 bridgehead atoms. The van der Waals surface area contributed by atoms with Crippen molar-refractivity contribution in [2.75, 3.05) is 7.11 Å². The molecule has 2 aromatic heterocycles. The van der Waals surface area contributed by atoms with E-state index in [1.54, 1.807) is 25.4 Å². The maximum absolute atomic E-state index is 5.83. The fourth-order valence-electron chi connectivity index (χ4n) is 2.60. The quantitative estimate of drug-likeness (QED) is 0.418. The number of benzene rings is 2. The summed E-state index contributed by atoms with van der Waals surface area (Å²) in [5, 5.41) is 6.66. The zero-order valence-corrected chi connectivity index (χ0v) is 16.8. The molecule has 0 saturated carbocycles. The van der Waals surface area contributed by atoms with Crippen LogP contribution in [0.4, 0.5) is 0 Å². The topological polar surface area (TPSA) is 79.5 Å². The highest BCUT2D eigenvalue weighted by Gasteiger charge is 2.07. The van der Waals surface area contributed by atoms with Gasteiger partial charge in [0, 0.05) is 10.9 Å². The maximum atomic E-state index is 5.83. The van der Waals surface area contributed by atoms with Crippen LogP contribution in [-0.4, -0.2) is 22.2 Å². The number of rotatable bonds is 8. The molecule has 0 atom stereocenters. The van der Waals surface area contributed by atoms with E-state index in [2.05, 4.69) is 15.1 Å². The van der Waals surface area contributed by atoms with E-state index in [0.29, 0.717) is 24.1 Å². The second-order valence-corrected chi connectivity index (χ2v) is 7.02. The molecule has 0 saturated heterocycles. The number of hydrogen-bond donors (Lipinski definition) is 0. The number of aryl methyl sites for hydroxylation is 1. The van der Waals surface area contributed by atoms with E-state index in [0.717, 1.165) is 27.8 Å². The lowest BCUT2D eigenvalue weighted by molar-refractivity contribution is 0.242. The van der Waals surface area contributed by atoms with Crippen LogP contribution >= 0.6 is 11.3 Å². The molecule has 29 heavy (non-hydrogen) atoms. The number of hydrogen-bond acceptors (Lipinski definition) is 8. The van der Waals surface area contributed by atoms with Crippen LogP contribution in [0.15, 0.2) is 58.4 Å².